The first-order valence-electron chi connectivity index (χ1n) is 19.2. The zero-order valence-corrected chi connectivity index (χ0v) is 32.0. The minimum absolute atomic E-state index is 0.138. The smallest absolute Gasteiger partial charge is 0.407 e. The third-order valence-electron chi connectivity index (χ3n) is 10.9. The monoisotopic (exact) mass is 796 g/mol. The predicted molar refractivity (Wildman–Crippen MR) is 200 cm³/mol. The van der Waals surface area contributed by atoms with Crippen molar-refractivity contribution in [2.45, 2.75) is 107 Å². The number of alkyl carbamates (subject to hydrolysis) is 1. The fourth-order valence-electron chi connectivity index (χ4n) is 7.49. The second kappa shape index (κ2) is 15.9. The summed E-state index contributed by atoms with van der Waals surface area (Å²) in [5.74, 6) is -4.84. The van der Waals surface area contributed by atoms with Crippen molar-refractivity contribution in [3.05, 3.63) is 54.1 Å². The molecular weight excluding hydrogens is 751 g/mol. The van der Waals surface area contributed by atoms with Crippen molar-refractivity contribution >= 4 is 44.9 Å². The summed E-state index contributed by atoms with van der Waals surface area (Å²) in [6, 6.07) is 12.6. The predicted octanol–water partition coefficient (Wildman–Crippen LogP) is 4.26. The van der Waals surface area contributed by atoms with Gasteiger partial charge in [-0.2, -0.15) is 0 Å². The summed E-state index contributed by atoms with van der Waals surface area (Å²) in [4.78, 5) is 66.0. The molecule has 7 rings (SSSR count). The van der Waals surface area contributed by atoms with Gasteiger partial charge in [0.15, 0.2) is 0 Å². The molecule has 4 amide bonds. The van der Waals surface area contributed by atoms with Gasteiger partial charge in [0.1, 0.15) is 29.4 Å². The van der Waals surface area contributed by atoms with Gasteiger partial charge >= 0.3 is 6.09 Å². The molecule has 14 nitrogen and oxygen atoms in total. The number of ether oxygens (including phenoxy) is 2. The highest BCUT2D eigenvalue weighted by atomic mass is 32.2. The maximum atomic E-state index is 14.4. The van der Waals surface area contributed by atoms with Crippen LogP contribution in [-0.4, -0.2) is 95.7 Å². The molecule has 1 saturated heterocycles. The van der Waals surface area contributed by atoms with Crippen molar-refractivity contribution in [1.29, 1.82) is 0 Å². The summed E-state index contributed by atoms with van der Waals surface area (Å²) in [6.07, 6.45) is -0.708. The summed E-state index contributed by atoms with van der Waals surface area (Å²) in [5, 5.41) is 4.26. The number of cyclic esters (lactones) is 1. The number of nitrogens with zero attached hydrogens (tertiary/aromatic N) is 3. The number of fused-ring (bicyclic) bond motifs is 4. The minimum Gasteiger partial charge on any atom is -0.471 e. The third-order valence-corrected chi connectivity index (χ3v) is 12.8. The Kier molecular flexibility index (Phi) is 11.2. The molecule has 5 bridgehead atoms. The fraction of sp³-hybridized carbons (Fsp3) is 0.538. The van der Waals surface area contributed by atoms with Crippen LogP contribution in [0.25, 0.3) is 22.3 Å². The van der Waals surface area contributed by atoms with Crippen LogP contribution in [-0.2, 0) is 35.6 Å². The fourth-order valence-corrected chi connectivity index (χ4v) is 8.85. The first-order valence-corrected chi connectivity index (χ1v) is 20.7. The van der Waals surface area contributed by atoms with Crippen molar-refractivity contribution in [2.24, 2.45) is 11.8 Å². The standard InChI is InChI=1S/C39H46F2N6O8S/c1-22(2)31-36(49)47-21-25(19-30(47)34(48)45-39(20-27(39)33(40)41)37(50)46-56(52,53)26-14-15-26)55-35-32(24-11-7-5-8-12-24)42-28-16-13-23(18-29(28)43-35)10-6-3-4-9-17-54-38(51)44-31/h5,7-8,11-13,16,18,22,25-27,30-31,33H,3-4,6,9-10,14-15,17,19-21H2,1-2H3,(H,44,51)(H,45,48)(H,46,50)/t25-,27+,30+,31+,39+/m1/s1. The van der Waals surface area contributed by atoms with Crippen LogP contribution in [0.1, 0.15) is 70.8 Å². The van der Waals surface area contributed by atoms with E-state index in [1.807, 2.05) is 53.3 Å². The quantitative estimate of drug-likeness (QED) is 0.298. The van der Waals surface area contributed by atoms with Crippen molar-refractivity contribution in [1.82, 2.24) is 30.2 Å². The van der Waals surface area contributed by atoms with Crippen molar-refractivity contribution < 1.29 is 45.9 Å². The number of benzene rings is 2. The first-order chi connectivity index (χ1) is 26.8. The van der Waals surface area contributed by atoms with Crippen LogP contribution in [0.4, 0.5) is 13.6 Å². The van der Waals surface area contributed by atoms with Crippen molar-refractivity contribution in [2.75, 3.05) is 13.2 Å². The van der Waals surface area contributed by atoms with Gasteiger partial charge in [-0.25, -0.2) is 32.0 Å². The Hall–Kier alpha value is -4.93. The van der Waals surface area contributed by atoms with Crippen molar-refractivity contribution in [3.8, 4) is 17.1 Å². The average molecular weight is 797 g/mol. The number of rotatable bonds is 8. The molecule has 2 aliphatic carbocycles. The lowest BCUT2D eigenvalue weighted by Crippen LogP contribution is -2.59. The number of amides is 4. The van der Waals surface area contributed by atoms with Gasteiger partial charge in [0, 0.05) is 12.0 Å². The highest BCUT2D eigenvalue weighted by molar-refractivity contribution is 7.91. The van der Waals surface area contributed by atoms with Crippen molar-refractivity contribution in [3.63, 3.8) is 0 Å². The molecule has 300 valence electrons. The average Bonchev–Trinajstić information content (AvgIpc) is 4.09. The molecule has 5 atom stereocenters. The Morgan fingerprint density at radius 2 is 1.75 bits per heavy atom. The van der Waals surface area contributed by atoms with Gasteiger partial charge in [-0.15, -0.1) is 0 Å². The van der Waals surface area contributed by atoms with Gasteiger partial charge in [-0.1, -0.05) is 63.1 Å². The number of halogens is 2. The summed E-state index contributed by atoms with van der Waals surface area (Å²) in [5.41, 5.74) is 1.19. The summed E-state index contributed by atoms with van der Waals surface area (Å²) >= 11 is 0. The second-order valence-corrected chi connectivity index (χ2v) is 17.5. The van der Waals surface area contributed by atoms with Crippen LogP contribution in [0.2, 0.25) is 0 Å². The van der Waals surface area contributed by atoms with E-state index < -0.39 is 87.5 Å². The second-order valence-electron chi connectivity index (χ2n) is 15.5. The number of aryl methyl sites for hydroxylation is 1. The number of hydrogen-bond donors (Lipinski definition) is 3. The van der Waals surface area contributed by atoms with Crippen LogP contribution < -0.4 is 20.1 Å². The Morgan fingerprint density at radius 1 is 1.00 bits per heavy atom. The van der Waals surface area contributed by atoms with Crippen LogP contribution in [0.3, 0.4) is 0 Å². The largest absolute Gasteiger partial charge is 0.471 e. The third kappa shape index (κ3) is 8.42. The molecule has 1 aromatic heterocycles. The molecule has 0 unspecified atom stereocenters. The van der Waals surface area contributed by atoms with E-state index in [-0.39, 0.29) is 25.5 Å². The number of carbonyl (C=O) groups excluding carboxylic acids is 4. The summed E-state index contributed by atoms with van der Waals surface area (Å²) in [6.45, 7) is 3.38. The number of hydrogen-bond acceptors (Lipinski definition) is 10. The molecule has 3 N–H and O–H groups in total. The zero-order valence-electron chi connectivity index (χ0n) is 31.2. The lowest BCUT2D eigenvalue weighted by atomic mass is 10.0. The topological polar surface area (TPSA) is 186 Å². The molecular formula is C39H46F2N6O8S. The van der Waals surface area contributed by atoms with E-state index in [2.05, 4.69) is 10.6 Å². The van der Waals surface area contributed by atoms with E-state index in [4.69, 9.17) is 19.4 Å². The van der Waals surface area contributed by atoms with Crippen LogP contribution in [0.5, 0.6) is 5.88 Å². The molecule has 2 saturated carbocycles. The minimum atomic E-state index is -4.13. The Balaban J connectivity index is 1.24. The normalized spacial score (nSPS) is 26.1. The van der Waals surface area contributed by atoms with Gasteiger partial charge in [-0.05, 0) is 62.1 Å². The van der Waals surface area contributed by atoms with Gasteiger partial charge in [0.25, 0.3) is 5.91 Å². The van der Waals surface area contributed by atoms with Crippen LogP contribution >= 0.6 is 0 Å². The first kappa shape index (κ1) is 39.3. The van der Waals surface area contributed by atoms with E-state index in [0.29, 0.717) is 41.6 Å². The Bertz CT molecular complexity index is 2100. The van der Waals surface area contributed by atoms with Gasteiger partial charge in [0.2, 0.25) is 34.1 Å². The van der Waals surface area contributed by atoms with E-state index in [1.54, 1.807) is 13.8 Å². The number of carbonyl (C=O) groups is 4. The molecule has 3 heterocycles. The molecule has 0 radical (unpaired) electrons. The number of aromatic nitrogens is 2. The van der Waals surface area contributed by atoms with E-state index in [0.717, 1.165) is 31.2 Å². The molecule has 3 aromatic rings. The molecule has 4 aliphatic rings. The maximum Gasteiger partial charge on any atom is 0.407 e. The molecule has 2 aliphatic heterocycles. The van der Waals surface area contributed by atoms with Crippen LogP contribution in [0, 0.1) is 11.8 Å². The summed E-state index contributed by atoms with van der Waals surface area (Å²) in [7, 11) is -4.13. The molecule has 3 fully saturated rings. The molecule has 0 spiro atoms. The van der Waals surface area contributed by atoms with E-state index in [1.165, 1.54) is 4.90 Å². The number of sulfonamides is 1. The summed E-state index contributed by atoms with van der Waals surface area (Å²) < 4.78 is 67.5. The Morgan fingerprint density at radius 3 is 2.45 bits per heavy atom. The molecule has 2 aromatic carbocycles. The van der Waals surface area contributed by atoms with E-state index >= 15 is 0 Å². The van der Waals surface area contributed by atoms with Gasteiger partial charge in [-0.3, -0.25) is 19.1 Å². The highest BCUT2D eigenvalue weighted by Gasteiger charge is 2.66. The SMILES string of the molecule is CC(C)[C@@H]1NC(=O)OCCCCCCc2ccc3nc(-c4ccccc4)c(nc3c2)O[C@@H]2C[C@@H](C(=O)N[C@@]3(C(=O)NS(=O)(=O)C4CC4)C[C@H]3C(F)F)N(C2)C1=O. The van der Waals surface area contributed by atoms with Gasteiger partial charge < -0.3 is 25.0 Å². The number of nitrogens with one attached hydrogen (secondary N) is 3. The molecule has 56 heavy (non-hydrogen) atoms. The van der Waals surface area contributed by atoms with Crippen LogP contribution in [0.15, 0.2) is 48.5 Å². The Labute approximate surface area is 323 Å². The highest BCUT2D eigenvalue weighted by Crippen LogP contribution is 2.48. The molecule has 17 heteroatoms. The lowest BCUT2D eigenvalue weighted by Gasteiger charge is -2.31. The zero-order chi connectivity index (χ0) is 39.8. The van der Waals surface area contributed by atoms with E-state index in [9.17, 15) is 36.4 Å². The maximum absolute atomic E-state index is 14.4. The number of alkyl halides is 2. The van der Waals surface area contributed by atoms with Gasteiger partial charge in [0.05, 0.1) is 35.4 Å². The lowest BCUT2D eigenvalue weighted by molar-refractivity contribution is -0.142.